The van der Waals surface area contributed by atoms with Crippen LogP contribution >= 0.6 is 23.4 Å². The Labute approximate surface area is 175 Å². The maximum absolute atomic E-state index is 10.8. The lowest BCUT2D eigenvalue weighted by atomic mass is 10.2. The smallest absolute Gasteiger partial charge is 0.196 e. The zero-order valence-electron chi connectivity index (χ0n) is 15.2. The average molecular weight is 423 g/mol. The molecule has 1 atom stereocenters. The Morgan fingerprint density at radius 2 is 2.10 bits per heavy atom. The van der Waals surface area contributed by atoms with Gasteiger partial charge in [0.2, 0.25) is 0 Å². The lowest BCUT2D eigenvalue weighted by molar-refractivity contribution is 0.401. The fourth-order valence-electron chi connectivity index (χ4n) is 2.83. The zero-order chi connectivity index (χ0) is 20.4. The lowest BCUT2D eigenvalue weighted by Crippen LogP contribution is -2.07. The zero-order valence-corrected chi connectivity index (χ0v) is 16.8. The molecular formula is C20H15ClN6OS. The molecule has 2 aromatic carbocycles. The van der Waals surface area contributed by atoms with Crippen molar-refractivity contribution in [1.82, 2.24) is 24.7 Å². The van der Waals surface area contributed by atoms with E-state index in [-0.39, 0.29) is 11.3 Å². The molecule has 4 rings (SSSR count). The van der Waals surface area contributed by atoms with Gasteiger partial charge in [0.1, 0.15) is 23.7 Å². The Balaban J connectivity index is 1.65. The summed E-state index contributed by atoms with van der Waals surface area (Å²) in [6.07, 6.45) is 1.58. The molecule has 9 heteroatoms. The number of aromatic amines is 1. The number of aliphatic hydroxyl groups is 1. The summed E-state index contributed by atoms with van der Waals surface area (Å²) in [6.45, 7) is 1.79. The number of aromatic nitrogens is 5. The van der Waals surface area contributed by atoms with Crippen LogP contribution in [-0.2, 0) is 0 Å². The summed E-state index contributed by atoms with van der Waals surface area (Å²) < 4.78 is 1.77. The van der Waals surface area contributed by atoms with Gasteiger partial charge in [-0.3, -0.25) is 4.57 Å². The number of hydrogen-bond donors (Lipinski definition) is 2. The van der Waals surface area contributed by atoms with Gasteiger partial charge >= 0.3 is 0 Å². The molecule has 0 aliphatic heterocycles. The van der Waals surface area contributed by atoms with Crippen molar-refractivity contribution in [3.05, 3.63) is 71.5 Å². The first-order chi connectivity index (χ1) is 14.1. The normalized spacial score (nSPS) is 13.1. The number of fused-ring (bicyclic) bond motifs is 1. The number of nitriles is 1. The van der Waals surface area contributed by atoms with Crippen molar-refractivity contribution < 1.29 is 5.11 Å². The molecule has 2 aromatic heterocycles. The second kappa shape index (κ2) is 7.99. The SMILES string of the molecule is CC(Sc1nncn1-c1cccc(Cl)c1)/C(O)=C(\C#N)c1nc2ccccc2[nH]1. The van der Waals surface area contributed by atoms with Gasteiger partial charge < -0.3 is 10.1 Å². The van der Waals surface area contributed by atoms with E-state index in [4.69, 9.17) is 11.6 Å². The predicted octanol–water partition coefficient (Wildman–Crippen LogP) is 4.77. The van der Waals surface area contributed by atoms with Crippen molar-refractivity contribution in [2.24, 2.45) is 0 Å². The van der Waals surface area contributed by atoms with Crippen molar-refractivity contribution in [2.45, 2.75) is 17.3 Å². The van der Waals surface area contributed by atoms with E-state index in [1.807, 2.05) is 36.4 Å². The summed E-state index contributed by atoms with van der Waals surface area (Å²) in [6, 6.07) is 16.8. The average Bonchev–Trinajstić information content (AvgIpc) is 3.35. The first-order valence-electron chi connectivity index (χ1n) is 8.68. The van der Waals surface area contributed by atoms with Gasteiger partial charge in [-0.2, -0.15) is 5.26 Å². The summed E-state index contributed by atoms with van der Waals surface area (Å²) in [7, 11) is 0. The molecule has 0 aliphatic rings. The van der Waals surface area contributed by atoms with E-state index in [1.54, 1.807) is 30.0 Å². The van der Waals surface area contributed by atoms with Crippen LogP contribution in [0.25, 0.3) is 22.3 Å². The van der Waals surface area contributed by atoms with Crippen LogP contribution in [0.5, 0.6) is 0 Å². The minimum atomic E-state index is -0.458. The van der Waals surface area contributed by atoms with E-state index in [0.717, 1.165) is 16.7 Å². The Kier molecular flexibility index (Phi) is 5.25. The van der Waals surface area contributed by atoms with Crippen molar-refractivity contribution >= 4 is 40.0 Å². The second-order valence-electron chi connectivity index (χ2n) is 6.20. The number of thioether (sulfide) groups is 1. The van der Waals surface area contributed by atoms with Crippen molar-refractivity contribution in [3.63, 3.8) is 0 Å². The van der Waals surface area contributed by atoms with Crippen molar-refractivity contribution in [2.75, 3.05) is 0 Å². The predicted molar refractivity (Wildman–Crippen MR) is 113 cm³/mol. The van der Waals surface area contributed by atoms with Gasteiger partial charge in [-0.25, -0.2) is 4.98 Å². The van der Waals surface area contributed by atoms with Crippen molar-refractivity contribution in [3.8, 4) is 11.8 Å². The molecule has 0 fully saturated rings. The number of nitrogens with zero attached hydrogens (tertiary/aromatic N) is 5. The van der Waals surface area contributed by atoms with Crippen LogP contribution < -0.4 is 0 Å². The van der Waals surface area contributed by atoms with Gasteiger partial charge in [0.05, 0.1) is 22.0 Å². The topological polar surface area (TPSA) is 103 Å². The third-order valence-corrected chi connectivity index (χ3v) is 5.57. The quantitative estimate of drug-likeness (QED) is 0.273. The Morgan fingerprint density at radius 3 is 2.86 bits per heavy atom. The van der Waals surface area contributed by atoms with Crippen LogP contribution in [0, 0.1) is 11.3 Å². The Hall–Kier alpha value is -3.28. The molecule has 0 saturated carbocycles. The number of imidazole rings is 1. The van der Waals surface area contributed by atoms with E-state index in [1.165, 1.54) is 11.8 Å². The number of rotatable bonds is 5. The standard InChI is InChI=1S/C20H15ClN6OS/c1-12(29-20-26-23-11-27(20)14-6-4-5-13(21)9-14)18(28)15(10-22)19-24-16-7-2-3-8-17(16)25-19/h2-9,11-12,28H,1H3,(H,24,25)/b18-15-. The molecule has 2 heterocycles. The Morgan fingerprint density at radius 1 is 1.28 bits per heavy atom. The minimum Gasteiger partial charge on any atom is -0.510 e. The molecule has 0 spiro atoms. The summed E-state index contributed by atoms with van der Waals surface area (Å²) in [5, 5.41) is 29.2. The van der Waals surface area contributed by atoms with Crippen LogP contribution in [0.2, 0.25) is 5.02 Å². The highest BCUT2D eigenvalue weighted by Crippen LogP contribution is 2.31. The molecule has 144 valence electrons. The van der Waals surface area contributed by atoms with Gasteiger partial charge in [0.15, 0.2) is 11.0 Å². The summed E-state index contributed by atoms with van der Waals surface area (Å²) in [5.41, 5.74) is 2.42. The highest BCUT2D eigenvalue weighted by Gasteiger charge is 2.21. The first-order valence-corrected chi connectivity index (χ1v) is 9.93. The van der Waals surface area contributed by atoms with Gasteiger partial charge in [-0.05, 0) is 37.3 Å². The largest absolute Gasteiger partial charge is 0.510 e. The summed E-state index contributed by atoms with van der Waals surface area (Å²) in [5.74, 6) is 0.243. The van der Waals surface area contributed by atoms with E-state index in [9.17, 15) is 10.4 Å². The molecule has 1 unspecified atom stereocenters. The maximum Gasteiger partial charge on any atom is 0.196 e. The van der Waals surface area contributed by atoms with Gasteiger partial charge in [0.25, 0.3) is 0 Å². The number of H-pyrrole nitrogens is 1. The fraction of sp³-hybridized carbons (Fsp3) is 0.100. The van der Waals surface area contributed by atoms with Gasteiger partial charge in [0, 0.05) is 5.02 Å². The van der Waals surface area contributed by atoms with Gasteiger partial charge in [-0.1, -0.05) is 41.6 Å². The van der Waals surface area contributed by atoms with E-state index >= 15 is 0 Å². The molecule has 0 saturated heterocycles. The molecule has 2 N–H and O–H groups in total. The second-order valence-corrected chi connectivity index (χ2v) is 7.94. The molecule has 0 radical (unpaired) electrons. The first kappa shape index (κ1) is 19.1. The molecule has 0 amide bonds. The number of halogens is 1. The minimum absolute atomic E-state index is 0.0859. The summed E-state index contributed by atoms with van der Waals surface area (Å²) >= 11 is 7.35. The maximum atomic E-state index is 10.8. The van der Waals surface area contributed by atoms with Crippen molar-refractivity contribution in [1.29, 1.82) is 5.26 Å². The number of hydrogen-bond acceptors (Lipinski definition) is 6. The van der Waals surface area contributed by atoms with E-state index in [0.29, 0.717) is 16.0 Å². The number of allylic oxidation sites excluding steroid dienone is 1. The fourth-order valence-corrected chi connectivity index (χ4v) is 3.92. The van der Waals surface area contributed by atoms with Crippen LogP contribution in [0.1, 0.15) is 12.7 Å². The molecule has 29 heavy (non-hydrogen) atoms. The van der Waals surface area contributed by atoms with E-state index in [2.05, 4.69) is 26.2 Å². The van der Waals surface area contributed by atoms with Crippen LogP contribution in [0.15, 0.2) is 65.8 Å². The lowest BCUT2D eigenvalue weighted by Gasteiger charge is -2.12. The van der Waals surface area contributed by atoms with Crippen LogP contribution in [0.4, 0.5) is 0 Å². The van der Waals surface area contributed by atoms with Gasteiger partial charge in [-0.15, -0.1) is 10.2 Å². The molecule has 0 aliphatic carbocycles. The third kappa shape index (κ3) is 3.83. The third-order valence-electron chi connectivity index (χ3n) is 4.26. The molecular weight excluding hydrogens is 408 g/mol. The molecule has 0 bridgehead atoms. The molecule has 7 nitrogen and oxygen atoms in total. The van der Waals surface area contributed by atoms with E-state index < -0.39 is 5.25 Å². The Bertz CT molecular complexity index is 1220. The molecule has 4 aromatic rings. The van der Waals surface area contributed by atoms with Crippen LogP contribution in [-0.4, -0.2) is 35.1 Å². The number of benzene rings is 2. The number of nitrogens with one attached hydrogen (secondary N) is 1. The highest BCUT2D eigenvalue weighted by atomic mass is 35.5. The number of para-hydroxylation sites is 2. The van der Waals surface area contributed by atoms with Crippen LogP contribution in [0.3, 0.4) is 0 Å². The summed E-state index contributed by atoms with van der Waals surface area (Å²) in [4.78, 5) is 7.48. The number of aliphatic hydroxyl groups excluding tert-OH is 1. The highest BCUT2D eigenvalue weighted by molar-refractivity contribution is 7.99. The monoisotopic (exact) mass is 422 g/mol.